The molecule has 4 rings (SSSR count). The van der Waals surface area contributed by atoms with Crippen LogP contribution in [0.3, 0.4) is 0 Å². The quantitative estimate of drug-likeness (QED) is 0.559. The summed E-state index contributed by atoms with van der Waals surface area (Å²) in [6.07, 6.45) is 2.45. The highest BCUT2D eigenvalue weighted by Crippen LogP contribution is 2.24. The fourth-order valence-electron chi connectivity index (χ4n) is 3.23. The Morgan fingerprint density at radius 3 is 2.86 bits per heavy atom. The largest absolute Gasteiger partial charge is 0.326 e. The molecule has 0 saturated heterocycles. The minimum absolute atomic E-state index is 0.0379. The Morgan fingerprint density at radius 2 is 2.07 bits per heavy atom. The SMILES string of the molecule is Cc1nc(-c2cccc(NC(=O)CCc3c(C)nc4ncnn4c3C)c2)cs1. The molecule has 0 bridgehead atoms. The van der Waals surface area contributed by atoms with Crippen molar-refractivity contribution in [2.45, 2.75) is 33.6 Å². The lowest BCUT2D eigenvalue weighted by Gasteiger charge is -2.11. The zero-order valence-electron chi connectivity index (χ0n) is 15.9. The van der Waals surface area contributed by atoms with E-state index >= 15 is 0 Å². The van der Waals surface area contributed by atoms with Gasteiger partial charge in [0.25, 0.3) is 5.78 Å². The second kappa shape index (κ2) is 7.47. The molecular weight excluding hydrogens is 372 g/mol. The second-order valence-corrected chi connectivity index (χ2v) is 7.68. The Labute approximate surface area is 166 Å². The van der Waals surface area contributed by atoms with E-state index in [1.165, 1.54) is 6.33 Å². The number of benzene rings is 1. The number of rotatable bonds is 5. The van der Waals surface area contributed by atoms with Crippen LogP contribution in [0.5, 0.6) is 0 Å². The summed E-state index contributed by atoms with van der Waals surface area (Å²) in [5.41, 5.74) is 5.57. The molecule has 7 nitrogen and oxygen atoms in total. The number of fused-ring (bicyclic) bond motifs is 1. The first-order valence-electron chi connectivity index (χ1n) is 8.99. The fourth-order valence-corrected chi connectivity index (χ4v) is 3.85. The molecule has 0 radical (unpaired) electrons. The number of nitrogens with one attached hydrogen (secondary N) is 1. The number of aryl methyl sites for hydroxylation is 3. The number of aromatic nitrogens is 5. The van der Waals surface area contributed by atoms with E-state index in [2.05, 4.69) is 25.4 Å². The van der Waals surface area contributed by atoms with Crippen LogP contribution in [0.15, 0.2) is 36.0 Å². The molecule has 1 amide bonds. The Balaban J connectivity index is 1.45. The Morgan fingerprint density at radius 1 is 1.21 bits per heavy atom. The smallest absolute Gasteiger partial charge is 0.252 e. The van der Waals surface area contributed by atoms with Crippen LogP contribution in [0.4, 0.5) is 5.69 Å². The Bertz CT molecular complexity index is 1160. The van der Waals surface area contributed by atoms with Gasteiger partial charge < -0.3 is 5.32 Å². The molecule has 1 N–H and O–H groups in total. The van der Waals surface area contributed by atoms with E-state index in [1.807, 2.05) is 50.4 Å². The van der Waals surface area contributed by atoms with E-state index in [-0.39, 0.29) is 5.91 Å². The lowest BCUT2D eigenvalue weighted by atomic mass is 10.1. The Hall–Kier alpha value is -3.13. The van der Waals surface area contributed by atoms with Gasteiger partial charge in [0.2, 0.25) is 5.91 Å². The van der Waals surface area contributed by atoms with Crippen LogP contribution in [0, 0.1) is 20.8 Å². The van der Waals surface area contributed by atoms with Crippen molar-refractivity contribution in [3.8, 4) is 11.3 Å². The van der Waals surface area contributed by atoms with E-state index < -0.39 is 0 Å². The molecule has 0 aliphatic rings. The predicted octanol–water partition coefficient (Wildman–Crippen LogP) is 3.74. The predicted molar refractivity (Wildman–Crippen MR) is 109 cm³/mol. The summed E-state index contributed by atoms with van der Waals surface area (Å²) in [4.78, 5) is 25.6. The van der Waals surface area contributed by atoms with Crippen molar-refractivity contribution in [1.29, 1.82) is 0 Å². The van der Waals surface area contributed by atoms with Gasteiger partial charge in [0, 0.05) is 34.4 Å². The molecule has 0 saturated carbocycles. The maximum absolute atomic E-state index is 12.5. The van der Waals surface area contributed by atoms with E-state index in [1.54, 1.807) is 15.9 Å². The number of anilines is 1. The Kier molecular flexibility index (Phi) is 4.87. The maximum Gasteiger partial charge on any atom is 0.252 e. The highest BCUT2D eigenvalue weighted by Gasteiger charge is 2.13. The molecule has 0 aliphatic heterocycles. The number of amides is 1. The third-order valence-electron chi connectivity index (χ3n) is 4.65. The van der Waals surface area contributed by atoms with E-state index in [9.17, 15) is 4.79 Å². The standard InChI is InChI=1S/C20H20N6OS/c1-12-17(13(2)26-20(23-12)21-11-22-26)7-8-19(27)25-16-6-4-5-15(9-16)18-10-28-14(3)24-18/h4-6,9-11H,7-8H2,1-3H3,(H,25,27). The van der Waals surface area contributed by atoms with Gasteiger partial charge in [-0.25, -0.2) is 14.5 Å². The van der Waals surface area contributed by atoms with E-state index in [0.29, 0.717) is 18.6 Å². The summed E-state index contributed by atoms with van der Waals surface area (Å²) in [5, 5.41) is 10.2. The normalized spacial score (nSPS) is 11.1. The van der Waals surface area contributed by atoms with Gasteiger partial charge in [0.15, 0.2) is 0 Å². The highest BCUT2D eigenvalue weighted by molar-refractivity contribution is 7.09. The third-order valence-corrected chi connectivity index (χ3v) is 5.43. The lowest BCUT2D eigenvalue weighted by molar-refractivity contribution is -0.116. The zero-order valence-corrected chi connectivity index (χ0v) is 16.7. The highest BCUT2D eigenvalue weighted by atomic mass is 32.1. The number of hydrogen-bond donors (Lipinski definition) is 1. The molecule has 3 aromatic heterocycles. The van der Waals surface area contributed by atoms with Crippen molar-refractivity contribution in [3.05, 3.63) is 57.9 Å². The van der Waals surface area contributed by atoms with Crippen LogP contribution in [-0.2, 0) is 11.2 Å². The maximum atomic E-state index is 12.5. The van der Waals surface area contributed by atoms with Crippen molar-refractivity contribution in [2.24, 2.45) is 0 Å². The minimum atomic E-state index is -0.0379. The topological polar surface area (TPSA) is 85.1 Å². The monoisotopic (exact) mass is 392 g/mol. The molecule has 28 heavy (non-hydrogen) atoms. The van der Waals surface area contributed by atoms with Crippen molar-refractivity contribution in [1.82, 2.24) is 24.6 Å². The molecule has 0 aliphatic carbocycles. The molecule has 0 unspecified atom stereocenters. The molecule has 1 aromatic carbocycles. The van der Waals surface area contributed by atoms with Crippen molar-refractivity contribution in [2.75, 3.05) is 5.32 Å². The van der Waals surface area contributed by atoms with Crippen LogP contribution in [-0.4, -0.2) is 30.5 Å². The molecule has 0 spiro atoms. The number of carbonyl (C=O) groups is 1. The van der Waals surface area contributed by atoms with Gasteiger partial charge in [-0.15, -0.1) is 11.3 Å². The van der Waals surface area contributed by atoms with Gasteiger partial charge in [-0.05, 0) is 44.9 Å². The van der Waals surface area contributed by atoms with Gasteiger partial charge in [-0.1, -0.05) is 12.1 Å². The van der Waals surface area contributed by atoms with Gasteiger partial charge in [-0.3, -0.25) is 4.79 Å². The van der Waals surface area contributed by atoms with Crippen molar-refractivity contribution >= 4 is 28.7 Å². The molecule has 4 aromatic rings. The molecule has 0 atom stereocenters. The summed E-state index contributed by atoms with van der Waals surface area (Å²) >= 11 is 1.61. The average molecular weight is 392 g/mol. The first-order chi connectivity index (χ1) is 13.5. The van der Waals surface area contributed by atoms with Gasteiger partial charge in [0.05, 0.1) is 10.7 Å². The van der Waals surface area contributed by atoms with Crippen LogP contribution in [0.25, 0.3) is 17.0 Å². The van der Waals surface area contributed by atoms with Gasteiger partial charge >= 0.3 is 0 Å². The van der Waals surface area contributed by atoms with E-state index in [0.717, 1.165) is 38.9 Å². The number of hydrogen-bond acceptors (Lipinski definition) is 6. The first kappa shape index (κ1) is 18.2. The molecule has 142 valence electrons. The average Bonchev–Trinajstić information content (AvgIpc) is 3.30. The zero-order chi connectivity index (χ0) is 19.7. The number of thiazole rings is 1. The van der Waals surface area contributed by atoms with Crippen molar-refractivity contribution < 1.29 is 4.79 Å². The summed E-state index contributed by atoms with van der Waals surface area (Å²) in [6, 6.07) is 7.76. The summed E-state index contributed by atoms with van der Waals surface area (Å²) in [6.45, 7) is 5.90. The first-order valence-corrected chi connectivity index (χ1v) is 9.87. The molecule has 3 heterocycles. The summed E-state index contributed by atoms with van der Waals surface area (Å²) < 4.78 is 1.71. The van der Waals surface area contributed by atoms with Crippen LogP contribution in [0.1, 0.15) is 28.4 Å². The lowest BCUT2D eigenvalue weighted by Crippen LogP contribution is -2.14. The second-order valence-electron chi connectivity index (χ2n) is 6.61. The van der Waals surface area contributed by atoms with Crippen molar-refractivity contribution in [3.63, 3.8) is 0 Å². The molecule has 8 heteroatoms. The van der Waals surface area contributed by atoms with Gasteiger partial charge in [0.1, 0.15) is 6.33 Å². The minimum Gasteiger partial charge on any atom is -0.326 e. The molecule has 0 fully saturated rings. The third kappa shape index (κ3) is 3.63. The van der Waals surface area contributed by atoms with E-state index in [4.69, 9.17) is 0 Å². The van der Waals surface area contributed by atoms with Crippen LogP contribution >= 0.6 is 11.3 Å². The number of carbonyl (C=O) groups excluding carboxylic acids is 1. The fraction of sp³-hybridized carbons (Fsp3) is 0.250. The van der Waals surface area contributed by atoms with Crippen LogP contribution < -0.4 is 5.32 Å². The van der Waals surface area contributed by atoms with Crippen LogP contribution in [0.2, 0.25) is 0 Å². The van der Waals surface area contributed by atoms with Gasteiger partial charge in [-0.2, -0.15) is 10.1 Å². The summed E-state index contributed by atoms with van der Waals surface area (Å²) in [5.74, 6) is 0.543. The number of nitrogens with zero attached hydrogens (tertiary/aromatic N) is 5. The molecular formula is C20H20N6OS. The summed E-state index contributed by atoms with van der Waals surface area (Å²) in [7, 11) is 0.